The van der Waals surface area contributed by atoms with E-state index in [0.717, 1.165) is 0 Å². The SMILES string of the molecule is CCCN(CCC)CCC.COc1c(Cl)ccc(Cl)c1C(=O)O. The Labute approximate surface area is 149 Å². The molecule has 0 radical (unpaired) electrons. The first-order chi connectivity index (χ1) is 10.9. The van der Waals surface area contributed by atoms with Crippen molar-refractivity contribution in [2.75, 3.05) is 26.7 Å². The molecular formula is C17H27Cl2NO3. The van der Waals surface area contributed by atoms with Crippen LogP contribution in [-0.4, -0.2) is 42.7 Å². The van der Waals surface area contributed by atoms with E-state index in [1.54, 1.807) is 0 Å². The van der Waals surface area contributed by atoms with E-state index in [0.29, 0.717) is 0 Å². The fourth-order valence-electron chi connectivity index (χ4n) is 2.22. The largest absolute Gasteiger partial charge is 0.494 e. The van der Waals surface area contributed by atoms with E-state index in [9.17, 15) is 4.79 Å². The fraction of sp³-hybridized carbons (Fsp3) is 0.588. The van der Waals surface area contributed by atoms with Crippen LogP contribution in [0.5, 0.6) is 5.75 Å². The van der Waals surface area contributed by atoms with Crippen LogP contribution in [0, 0.1) is 0 Å². The minimum Gasteiger partial charge on any atom is -0.494 e. The lowest BCUT2D eigenvalue weighted by molar-refractivity contribution is 0.0693. The molecule has 4 nitrogen and oxygen atoms in total. The van der Waals surface area contributed by atoms with Crippen molar-refractivity contribution in [3.8, 4) is 5.75 Å². The molecule has 1 aromatic rings. The van der Waals surface area contributed by atoms with Gasteiger partial charge in [-0.25, -0.2) is 4.79 Å². The van der Waals surface area contributed by atoms with E-state index in [1.165, 1.54) is 58.1 Å². The minimum absolute atomic E-state index is 0.0849. The number of carbonyl (C=O) groups is 1. The highest BCUT2D eigenvalue weighted by Gasteiger charge is 2.17. The third-order valence-electron chi connectivity index (χ3n) is 3.10. The molecule has 1 N–H and O–H groups in total. The third kappa shape index (κ3) is 7.91. The number of carboxylic acids is 1. The molecule has 0 spiro atoms. The summed E-state index contributed by atoms with van der Waals surface area (Å²) in [7, 11) is 1.34. The van der Waals surface area contributed by atoms with Gasteiger partial charge in [-0.05, 0) is 51.0 Å². The van der Waals surface area contributed by atoms with E-state index < -0.39 is 5.97 Å². The first kappa shape index (κ1) is 22.0. The summed E-state index contributed by atoms with van der Waals surface area (Å²) < 4.78 is 4.82. The lowest BCUT2D eigenvalue weighted by Crippen LogP contribution is -2.25. The molecule has 0 aromatic heterocycles. The molecule has 0 bridgehead atoms. The molecule has 0 atom stereocenters. The molecule has 0 saturated heterocycles. The molecule has 1 rings (SSSR count). The normalized spacial score (nSPS) is 10.2. The average molecular weight is 364 g/mol. The molecule has 0 amide bonds. The number of methoxy groups -OCH3 is 1. The van der Waals surface area contributed by atoms with Gasteiger partial charge in [0.1, 0.15) is 5.56 Å². The summed E-state index contributed by atoms with van der Waals surface area (Å²) in [6.45, 7) is 10.6. The number of benzene rings is 1. The lowest BCUT2D eigenvalue weighted by Gasteiger charge is -2.19. The summed E-state index contributed by atoms with van der Waals surface area (Å²) in [5.41, 5.74) is -0.114. The van der Waals surface area contributed by atoms with Gasteiger partial charge in [0.25, 0.3) is 0 Å². The maximum absolute atomic E-state index is 10.7. The summed E-state index contributed by atoms with van der Waals surface area (Å²) in [6, 6.07) is 2.89. The van der Waals surface area contributed by atoms with Gasteiger partial charge in [-0.1, -0.05) is 44.0 Å². The Morgan fingerprint density at radius 1 is 1.04 bits per heavy atom. The number of hydrogen-bond acceptors (Lipinski definition) is 3. The van der Waals surface area contributed by atoms with Crippen LogP contribution in [0.4, 0.5) is 0 Å². The van der Waals surface area contributed by atoms with Crippen LogP contribution in [0.2, 0.25) is 10.0 Å². The molecule has 6 heteroatoms. The van der Waals surface area contributed by atoms with Gasteiger partial charge in [0.05, 0.1) is 17.2 Å². The topological polar surface area (TPSA) is 49.8 Å². The molecule has 1 aromatic carbocycles. The summed E-state index contributed by atoms with van der Waals surface area (Å²) in [5.74, 6) is -1.08. The van der Waals surface area contributed by atoms with Gasteiger partial charge in [0, 0.05) is 0 Å². The summed E-state index contributed by atoms with van der Waals surface area (Å²) in [5, 5.41) is 9.11. The summed E-state index contributed by atoms with van der Waals surface area (Å²) in [6.07, 6.45) is 3.88. The van der Waals surface area contributed by atoms with Crippen molar-refractivity contribution < 1.29 is 14.6 Å². The smallest absolute Gasteiger partial charge is 0.341 e. The highest BCUT2D eigenvalue weighted by molar-refractivity contribution is 6.36. The van der Waals surface area contributed by atoms with E-state index in [2.05, 4.69) is 25.7 Å². The molecule has 0 heterocycles. The molecule has 0 unspecified atom stereocenters. The van der Waals surface area contributed by atoms with E-state index in [1.807, 2.05) is 0 Å². The Bertz CT molecular complexity index is 467. The molecular weight excluding hydrogens is 337 g/mol. The van der Waals surface area contributed by atoms with Crippen LogP contribution in [0.3, 0.4) is 0 Å². The zero-order valence-electron chi connectivity index (χ0n) is 14.4. The van der Waals surface area contributed by atoms with Crippen molar-refractivity contribution >= 4 is 29.2 Å². The monoisotopic (exact) mass is 363 g/mol. The van der Waals surface area contributed by atoms with E-state index in [-0.39, 0.29) is 21.4 Å². The highest BCUT2D eigenvalue weighted by Crippen LogP contribution is 2.33. The third-order valence-corrected chi connectivity index (χ3v) is 3.71. The zero-order valence-corrected chi connectivity index (χ0v) is 15.9. The van der Waals surface area contributed by atoms with Crippen LogP contribution >= 0.6 is 23.2 Å². The molecule has 0 aliphatic carbocycles. The molecule has 0 fully saturated rings. The number of ether oxygens (including phenoxy) is 1. The number of nitrogens with zero attached hydrogens (tertiary/aromatic N) is 1. The minimum atomic E-state index is -1.16. The zero-order chi connectivity index (χ0) is 17.8. The second kappa shape index (κ2) is 12.5. The summed E-state index contributed by atoms with van der Waals surface area (Å²) in [4.78, 5) is 13.3. The van der Waals surface area contributed by atoms with Gasteiger partial charge >= 0.3 is 5.97 Å². The van der Waals surface area contributed by atoms with Crippen molar-refractivity contribution in [1.29, 1.82) is 0 Å². The maximum atomic E-state index is 10.7. The van der Waals surface area contributed by atoms with Crippen molar-refractivity contribution in [3.05, 3.63) is 27.7 Å². The molecule has 0 saturated carbocycles. The van der Waals surface area contributed by atoms with Crippen molar-refractivity contribution in [2.45, 2.75) is 40.0 Å². The van der Waals surface area contributed by atoms with Gasteiger partial charge in [-0.15, -0.1) is 0 Å². The van der Waals surface area contributed by atoms with Crippen molar-refractivity contribution in [1.82, 2.24) is 4.90 Å². The van der Waals surface area contributed by atoms with Gasteiger partial charge in [-0.2, -0.15) is 0 Å². The first-order valence-electron chi connectivity index (χ1n) is 7.90. The van der Waals surface area contributed by atoms with Crippen LogP contribution in [0.1, 0.15) is 50.4 Å². The second-order valence-corrected chi connectivity index (χ2v) is 5.90. The molecule has 0 aliphatic rings. The number of rotatable bonds is 8. The van der Waals surface area contributed by atoms with Gasteiger partial charge in [0.15, 0.2) is 5.75 Å². The van der Waals surface area contributed by atoms with Crippen LogP contribution in [0.25, 0.3) is 0 Å². The molecule has 0 aliphatic heterocycles. The van der Waals surface area contributed by atoms with E-state index >= 15 is 0 Å². The Kier molecular flexibility index (Phi) is 11.9. The molecule has 23 heavy (non-hydrogen) atoms. The Morgan fingerprint density at radius 2 is 1.48 bits per heavy atom. The number of carboxylic acid groups (broad SMARTS) is 1. The van der Waals surface area contributed by atoms with Crippen molar-refractivity contribution in [3.63, 3.8) is 0 Å². The summed E-state index contributed by atoms with van der Waals surface area (Å²) >= 11 is 11.4. The van der Waals surface area contributed by atoms with Crippen LogP contribution in [0.15, 0.2) is 12.1 Å². The number of hydrogen-bond donors (Lipinski definition) is 1. The quantitative estimate of drug-likeness (QED) is 0.687. The second-order valence-electron chi connectivity index (χ2n) is 5.08. The highest BCUT2D eigenvalue weighted by atomic mass is 35.5. The Balaban J connectivity index is 0.000000438. The number of aromatic carboxylic acids is 1. The molecule has 132 valence electrons. The predicted octanol–water partition coefficient (Wildman–Crippen LogP) is 5.22. The van der Waals surface area contributed by atoms with Crippen LogP contribution < -0.4 is 4.74 Å². The Morgan fingerprint density at radius 3 is 1.78 bits per heavy atom. The Hall–Kier alpha value is -0.970. The maximum Gasteiger partial charge on any atom is 0.341 e. The number of halogens is 2. The van der Waals surface area contributed by atoms with Crippen molar-refractivity contribution in [2.24, 2.45) is 0 Å². The lowest BCUT2D eigenvalue weighted by atomic mass is 10.2. The van der Waals surface area contributed by atoms with Gasteiger partial charge < -0.3 is 14.7 Å². The van der Waals surface area contributed by atoms with Gasteiger partial charge in [0.2, 0.25) is 0 Å². The fourth-order valence-corrected chi connectivity index (χ4v) is 2.68. The average Bonchev–Trinajstić information content (AvgIpc) is 2.50. The van der Waals surface area contributed by atoms with Gasteiger partial charge in [-0.3, -0.25) is 0 Å². The van der Waals surface area contributed by atoms with Crippen LogP contribution in [-0.2, 0) is 0 Å². The predicted molar refractivity (Wildman–Crippen MR) is 97.3 cm³/mol. The standard InChI is InChI=1S/C9H21N.C8H6Cl2O3/c1-4-7-10(8-5-2)9-6-3;1-13-7-5(10)3-2-4(9)6(7)8(11)12/h4-9H2,1-3H3;2-3H,1H3,(H,11,12). The van der Waals surface area contributed by atoms with E-state index in [4.69, 9.17) is 33.0 Å². The first-order valence-corrected chi connectivity index (χ1v) is 8.65.